The van der Waals surface area contributed by atoms with E-state index in [2.05, 4.69) is 38.9 Å². The Hall–Kier alpha value is -1.59. The molecular weight excluding hydrogens is 202 g/mol. The van der Waals surface area contributed by atoms with Gasteiger partial charge in [0.25, 0.3) is 0 Å². The Morgan fingerprint density at radius 1 is 1.31 bits per heavy atom. The van der Waals surface area contributed by atoms with Crippen LogP contribution in [0.3, 0.4) is 0 Å². The number of hydrogen-bond donors (Lipinski definition) is 4. The number of nitrogens with zero attached hydrogens (tertiary/aromatic N) is 1. The van der Waals surface area contributed by atoms with Gasteiger partial charge >= 0.3 is 0 Å². The van der Waals surface area contributed by atoms with Crippen LogP contribution in [0.2, 0.25) is 0 Å². The van der Waals surface area contributed by atoms with Crippen molar-refractivity contribution in [2.24, 2.45) is 0 Å². The lowest BCUT2D eigenvalue weighted by atomic mass is 10.1. The number of anilines is 1. The molecule has 0 saturated carbocycles. The normalized spacial score (nSPS) is 17.1. The topological polar surface area (TPSA) is 64.8 Å². The third-order valence-corrected chi connectivity index (χ3v) is 2.97. The van der Waals surface area contributed by atoms with Crippen LogP contribution in [0.1, 0.15) is 5.56 Å². The first-order valence-corrected chi connectivity index (χ1v) is 5.50. The molecule has 1 saturated heterocycles. The van der Waals surface area contributed by atoms with Crippen molar-refractivity contribution in [1.29, 1.82) is 0 Å². The number of nitrogens with one attached hydrogen (secondary N) is 4. The highest BCUT2D eigenvalue weighted by Crippen LogP contribution is 2.22. The largest absolute Gasteiger partial charge is 0.357 e. The Bertz CT molecular complexity index is 498. The van der Waals surface area contributed by atoms with Crippen molar-refractivity contribution in [3.05, 3.63) is 24.0 Å². The second kappa shape index (κ2) is 3.77. The van der Waals surface area contributed by atoms with Gasteiger partial charge < -0.3 is 10.3 Å². The fourth-order valence-corrected chi connectivity index (χ4v) is 2.07. The van der Waals surface area contributed by atoms with E-state index in [1.165, 1.54) is 5.56 Å². The Morgan fingerprint density at radius 2 is 2.12 bits per heavy atom. The maximum Gasteiger partial charge on any atom is 0.132 e. The highest BCUT2D eigenvalue weighted by molar-refractivity contribution is 5.83. The lowest BCUT2D eigenvalue weighted by molar-refractivity contribution is 0.620. The van der Waals surface area contributed by atoms with Crippen molar-refractivity contribution < 1.29 is 0 Å². The molecule has 0 atom stereocenters. The van der Waals surface area contributed by atoms with E-state index in [-0.39, 0.29) is 6.29 Å². The first-order valence-electron chi connectivity index (χ1n) is 5.50. The van der Waals surface area contributed by atoms with Crippen LogP contribution in [0.25, 0.3) is 11.0 Å². The SMILES string of the molecule is Cc1c(NC2NCCN2)ccc2[nH]cnc12. The summed E-state index contributed by atoms with van der Waals surface area (Å²) in [5.74, 6) is 0. The Kier molecular flexibility index (Phi) is 2.27. The Morgan fingerprint density at radius 3 is 2.94 bits per heavy atom. The van der Waals surface area contributed by atoms with Crippen LogP contribution in [-0.2, 0) is 0 Å². The van der Waals surface area contributed by atoms with Gasteiger partial charge in [-0.25, -0.2) is 4.98 Å². The summed E-state index contributed by atoms with van der Waals surface area (Å²) in [5.41, 5.74) is 4.40. The second-order valence-corrected chi connectivity index (χ2v) is 4.02. The minimum Gasteiger partial charge on any atom is -0.357 e. The zero-order valence-electron chi connectivity index (χ0n) is 9.17. The van der Waals surface area contributed by atoms with Gasteiger partial charge in [0, 0.05) is 24.3 Å². The van der Waals surface area contributed by atoms with Gasteiger partial charge in [0.15, 0.2) is 0 Å². The van der Waals surface area contributed by atoms with Gasteiger partial charge in [0.2, 0.25) is 0 Å². The molecule has 3 rings (SSSR count). The molecule has 0 spiro atoms. The van der Waals surface area contributed by atoms with E-state index >= 15 is 0 Å². The number of aromatic amines is 1. The number of aryl methyl sites for hydroxylation is 1. The summed E-state index contributed by atoms with van der Waals surface area (Å²) in [4.78, 5) is 7.43. The van der Waals surface area contributed by atoms with Crippen LogP contribution >= 0.6 is 0 Å². The second-order valence-electron chi connectivity index (χ2n) is 4.02. The average molecular weight is 217 g/mol. The van der Waals surface area contributed by atoms with E-state index in [9.17, 15) is 0 Å². The molecule has 1 fully saturated rings. The third kappa shape index (κ3) is 1.54. The van der Waals surface area contributed by atoms with Crippen LogP contribution in [0.4, 0.5) is 5.69 Å². The lowest BCUT2D eigenvalue weighted by Crippen LogP contribution is -2.38. The minimum absolute atomic E-state index is 0.162. The van der Waals surface area contributed by atoms with Crippen LogP contribution in [-0.4, -0.2) is 29.3 Å². The fraction of sp³-hybridized carbons (Fsp3) is 0.364. The number of H-pyrrole nitrogens is 1. The zero-order chi connectivity index (χ0) is 11.0. The monoisotopic (exact) mass is 217 g/mol. The highest BCUT2D eigenvalue weighted by Gasteiger charge is 2.14. The first-order chi connectivity index (χ1) is 7.84. The molecule has 1 aliphatic heterocycles. The quantitative estimate of drug-likeness (QED) is 0.599. The summed E-state index contributed by atoms with van der Waals surface area (Å²) in [6, 6.07) is 4.13. The van der Waals surface area contributed by atoms with Gasteiger partial charge in [0.1, 0.15) is 6.29 Å². The van der Waals surface area contributed by atoms with Crippen molar-refractivity contribution in [2.45, 2.75) is 13.2 Å². The van der Waals surface area contributed by atoms with Crippen molar-refractivity contribution >= 4 is 16.7 Å². The van der Waals surface area contributed by atoms with E-state index in [4.69, 9.17) is 0 Å². The molecular formula is C11H15N5. The summed E-state index contributed by atoms with van der Waals surface area (Å²) >= 11 is 0. The van der Waals surface area contributed by atoms with Gasteiger partial charge in [-0.05, 0) is 19.1 Å². The van der Waals surface area contributed by atoms with Gasteiger partial charge in [0.05, 0.1) is 17.4 Å². The van der Waals surface area contributed by atoms with Gasteiger partial charge in [-0.2, -0.15) is 0 Å². The molecule has 0 radical (unpaired) electrons. The number of hydrogen-bond acceptors (Lipinski definition) is 4. The number of rotatable bonds is 2. The molecule has 2 aromatic rings. The minimum atomic E-state index is 0.162. The number of imidazole rings is 1. The van der Waals surface area contributed by atoms with Crippen LogP contribution in [0.5, 0.6) is 0 Å². The predicted molar refractivity (Wildman–Crippen MR) is 64.2 cm³/mol. The van der Waals surface area contributed by atoms with Gasteiger partial charge in [-0.3, -0.25) is 10.6 Å². The van der Waals surface area contributed by atoms with E-state index < -0.39 is 0 Å². The Labute approximate surface area is 93.6 Å². The molecule has 2 heterocycles. The summed E-state index contributed by atoms with van der Waals surface area (Å²) in [6.07, 6.45) is 1.89. The summed E-state index contributed by atoms with van der Waals surface area (Å²) in [7, 11) is 0. The number of fused-ring (bicyclic) bond motifs is 1. The summed E-state index contributed by atoms with van der Waals surface area (Å²) in [5, 5.41) is 10.1. The standard InChI is InChI=1S/C11H15N5/c1-7-8(16-11-12-4-5-13-11)2-3-9-10(7)15-6-14-9/h2-3,6,11-13,16H,4-5H2,1H3,(H,14,15). The zero-order valence-corrected chi connectivity index (χ0v) is 9.17. The molecule has 1 aliphatic rings. The van der Waals surface area contributed by atoms with Gasteiger partial charge in [-0.1, -0.05) is 0 Å². The molecule has 84 valence electrons. The molecule has 16 heavy (non-hydrogen) atoms. The van der Waals surface area contributed by atoms with Gasteiger partial charge in [-0.15, -0.1) is 0 Å². The number of benzene rings is 1. The van der Waals surface area contributed by atoms with Crippen molar-refractivity contribution in [1.82, 2.24) is 20.6 Å². The summed E-state index contributed by atoms with van der Waals surface area (Å²) < 4.78 is 0. The molecule has 1 aromatic heterocycles. The maximum absolute atomic E-state index is 4.32. The maximum atomic E-state index is 4.32. The van der Waals surface area contributed by atoms with Crippen LogP contribution in [0, 0.1) is 6.92 Å². The van der Waals surface area contributed by atoms with E-state index in [0.717, 1.165) is 29.8 Å². The van der Waals surface area contributed by atoms with E-state index in [1.807, 2.05) is 6.07 Å². The van der Waals surface area contributed by atoms with E-state index in [0.29, 0.717) is 0 Å². The molecule has 5 heteroatoms. The third-order valence-electron chi connectivity index (χ3n) is 2.97. The first kappa shape index (κ1) is 9.62. The lowest BCUT2D eigenvalue weighted by Gasteiger charge is -2.16. The molecule has 0 amide bonds. The molecule has 0 bridgehead atoms. The van der Waals surface area contributed by atoms with Crippen LogP contribution < -0.4 is 16.0 Å². The van der Waals surface area contributed by atoms with Crippen molar-refractivity contribution in [3.63, 3.8) is 0 Å². The van der Waals surface area contributed by atoms with Crippen molar-refractivity contribution in [2.75, 3.05) is 18.4 Å². The van der Waals surface area contributed by atoms with Crippen molar-refractivity contribution in [3.8, 4) is 0 Å². The predicted octanol–water partition coefficient (Wildman–Crippen LogP) is 0.760. The summed E-state index contributed by atoms with van der Waals surface area (Å²) in [6.45, 7) is 4.09. The molecule has 5 nitrogen and oxygen atoms in total. The fourth-order valence-electron chi connectivity index (χ4n) is 2.07. The smallest absolute Gasteiger partial charge is 0.132 e. The highest BCUT2D eigenvalue weighted by atomic mass is 15.3. The van der Waals surface area contributed by atoms with E-state index in [1.54, 1.807) is 6.33 Å². The van der Waals surface area contributed by atoms with Crippen LogP contribution in [0.15, 0.2) is 18.5 Å². The molecule has 1 aromatic carbocycles. The number of aromatic nitrogens is 2. The molecule has 0 aliphatic carbocycles. The molecule has 4 N–H and O–H groups in total. The molecule has 0 unspecified atom stereocenters. The average Bonchev–Trinajstić information content (AvgIpc) is 2.93. The Balaban J connectivity index is 1.93.